The molecule has 1 heterocycles. The number of anilines is 1. The van der Waals surface area contributed by atoms with Crippen LogP contribution in [0.4, 0.5) is 5.69 Å². The highest BCUT2D eigenvalue weighted by Gasteiger charge is 2.21. The average Bonchev–Trinajstić information content (AvgIpc) is 2.67. The van der Waals surface area contributed by atoms with Crippen molar-refractivity contribution in [2.45, 2.75) is 12.3 Å². The number of nitrogens with one attached hydrogen (secondary N) is 1. The monoisotopic (exact) mass is 327 g/mol. The van der Waals surface area contributed by atoms with Gasteiger partial charge in [0, 0.05) is 18.1 Å². The van der Waals surface area contributed by atoms with Crippen LogP contribution >= 0.6 is 0 Å². The molecule has 1 aromatic heterocycles. The van der Waals surface area contributed by atoms with Gasteiger partial charge >= 0.3 is 0 Å². The van der Waals surface area contributed by atoms with E-state index in [9.17, 15) is 4.79 Å². The fraction of sp³-hybridized carbons (Fsp3) is 0.0952. The summed E-state index contributed by atoms with van der Waals surface area (Å²) in [4.78, 5) is 17.0. The number of hydrogen-bond acceptors (Lipinski definition) is 3. The number of amides is 1. The number of aromatic nitrogens is 1. The van der Waals surface area contributed by atoms with Crippen molar-refractivity contribution in [1.29, 1.82) is 5.26 Å². The molecule has 0 aliphatic rings. The number of nitrogens with zero attached hydrogens (tertiary/aromatic N) is 2. The van der Waals surface area contributed by atoms with E-state index in [4.69, 9.17) is 5.26 Å². The van der Waals surface area contributed by atoms with Gasteiger partial charge in [-0.25, -0.2) is 0 Å². The van der Waals surface area contributed by atoms with Crippen LogP contribution in [0.3, 0.4) is 0 Å². The maximum Gasteiger partial charge on any atom is 0.232 e. The molecule has 1 N–H and O–H groups in total. The predicted octanol–water partition coefficient (Wildman–Crippen LogP) is 3.92. The number of rotatable bonds is 5. The van der Waals surface area contributed by atoms with Gasteiger partial charge < -0.3 is 5.32 Å². The molecule has 3 rings (SSSR count). The molecule has 0 saturated carbocycles. The Labute approximate surface area is 146 Å². The van der Waals surface area contributed by atoms with Crippen LogP contribution in [0, 0.1) is 11.3 Å². The minimum atomic E-state index is -0.337. The molecular weight excluding hydrogens is 310 g/mol. The van der Waals surface area contributed by atoms with E-state index in [1.165, 1.54) is 0 Å². The van der Waals surface area contributed by atoms with Gasteiger partial charge in [0.25, 0.3) is 0 Å². The molecule has 2 aromatic carbocycles. The lowest BCUT2D eigenvalue weighted by molar-refractivity contribution is -0.117. The molecule has 1 unspecified atom stereocenters. The van der Waals surface area contributed by atoms with Gasteiger partial charge in [-0.1, -0.05) is 42.5 Å². The van der Waals surface area contributed by atoms with Gasteiger partial charge in [0.2, 0.25) is 5.91 Å². The summed E-state index contributed by atoms with van der Waals surface area (Å²) in [5.74, 6) is -0.443. The van der Waals surface area contributed by atoms with E-state index >= 15 is 0 Å². The van der Waals surface area contributed by atoms with Crippen molar-refractivity contribution in [3.05, 3.63) is 95.8 Å². The first-order valence-electron chi connectivity index (χ1n) is 8.01. The molecule has 0 aliphatic carbocycles. The second-order valence-electron chi connectivity index (χ2n) is 5.71. The molecule has 1 atom stereocenters. The maximum absolute atomic E-state index is 12.9. The lowest BCUT2D eigenvalue weighted by Crippen LogP contribution is -2.23. The Morgan fingerprint density at radius 1 is 1.08 bits per heavy atom. The Bertz CT molecular complexity index is 886. The van der Waals surface area contributed by atoms with Crippen LogP contribution in [-0.2, 0) is 11.2 Å². The Morgan fingerprint density at radius 3 is 2.64 bits per heavy atom. The summed E-state index contributed by atoms with van der Waals surface area (Å²) < 4.78 is 0. The summed E-state index contributed by atoms with van der Waals surface area (Å²) in [6.07, 6.45) is 4.05. The third-order valence-corrected chi connectivity index (χ3v) is 3.94. The quantitative estimate of drug-likeness (QED) is 0.772. The van der Waals surface area contributed by atoms with E-state index in [1.807, 2.05) is 42.5 Å². The molecule has 0 saturated heterocycles. The van der Waals surface area contributed by atoms with E-state index in [1.54, 1.807) is 36.7 Å². The minimum Gasteiger partial charge on any atom is -0.326 e. The van der Waals surface area contributed by atoms with Crippen molar-refractivity contribution in [2.75, 3.05) is 5.32 Å². The third kappa shape index (κ3) is 4.30. The van der Waals surface area contributed by atoms with Crippen LogP contribution in [0.2, 0.25) is 0 Å². The van der Waals surface area contributed by atoms with E-state index in [0.29, 0.717) is 17.7 Å². The van der Waals surface area contributed by atoms with Crippen LogP contribution in [0.25, 0.3) is 0 Å². The largest absolute Gasteiger partial charge is 0.326 e. The van der Waals surface area contributed by atoms with Crippen LogP contribution in [0.1, 0.15) is 22.6 Å². The lowest BCUT2D eigenvalue weighted by atomic mass is 9.91. The highest BCUT2D eigenvalue weighted by atomic mass is 16.1. The standard InChI is InChI=1S/C21H17N3O/c22-14-16-6-4-10-19(12-16)24-21(25)20(18-8-2-1-3-9-18)13-17-7-5-11-23-15-17/h1-12,15,20H,13H2,(H,24,25). The highest BCUT2D eigenvalue weighted by molar-refractivity contribution is 5.96. The van der Waals surface area contributed by atoms with Gasteiger partial charge in [0.15, 0.2) is 0 Å². The average molecular weight is 327 g/mol. The molecule has 4 nitrogen and oxygen atoms in total. The van der Waals surface area contributed by atoms with Gasteiger partial charge in [-0.05, 0) is 41.8 Å². The minimum absolute atomic E-state index is 0.106. The van der Waals surface area contributed by atoms with Gasteiger partial charge in [-0.2, -0.15) is 5.26 Å². The molecule has 25 heavy (non-hydrogen) atoms. The lowest BCUT2D eigenvalue weighted by Gasteiger charge is -2.17. The van der Waals surface area contributed by atoms with Crippen molar-refractivity contribution in [1.82, 2.24) is 4.98 Å². The first-order chi connectivity index (χ1) is 12.3. The van der Waals surface area contributed by atoms with Crippen LogP contribution < -0.4 is 5.32 Å². The van der Waals surface area contributed by atoms with Crippen LogP contribution in [0.5, 0.6) is 0 Å². The van der Waals surface area contributed by atoms with Crippen molar-refractivity contribution < 1.29 is 4.79 Å². The second kappa shape index (κ2) is 7.89. The Kier molecular flexibility index (Phi) is 5.18. The molecule has 0 bridgehead atoms. The summed E-state index contributed by atoms with van der Waals surface area (Å²) in [5.41, 5.74) is 3.08. The van der Waals surface area contributed by atoms with Crippen LogP contribution in [-0.4, -0.2) is 10.9 Å². The Morgan fingerprint density at radius 2 is 1.92 bits per heavy atom. The first kappa shape index (κ1) is 16.4. The summed E-state index contributed by atoms with van der Waals surface area (Å²) >= 11 is 0. The van der Waals surface area contributed by atoms with Gasteiger partial charge in [-0.15, -0.1) is 0 Å². The number of benzene rings is 2. The fourth-order valence-electron chi connectivity index (χ4n) is 2.70. The molecule has 0 aliphatic heterocycles. The second-order valence-corrected chi connectivity index (χ2v) is 5.71. The smallest absolute Gasteiger partial charge is 0.232 e. The van der Waals surface area contributed by atoms with Crippen molar-refractivity contribution in [2.24, 2.45) is 0 Å². The normalized spacial score (nSPS) is 11.3. The molecule has 0 spiro atoms. The van der Waals surface area contributed by atoms with Crippen LogP contribution in [0.15, 0.2) is 79.1 Å². The van der Waals surface area contributed by atoms with Gasteiger partial charge in [0.1, 0.15) is 0 Å². The van der Waals surface area contributed by atoms with Gasteiger partial charge in [0.05, 0.1) is 17.6 Å². The van der Waals surface area contributed by atoms with Crippen molar-refractivity contribution in [3.63, 3.8) is 0 Å². The number of carbonyl (C=O) groups is 1. The van der Waals surface area contributed by atoms with Crippen molar-refractivity contribution in [3.8, 4) is 6.07 Å². The summed E-state index contributed by atoms with van der Waals surface area (Å²) in [6.45, 7) is 0. The molecule has 122 valence electrons. The molecule has 4 heteroatoms. The Hall–Kier alpha value is -3.45. The zero-order chi connectivity index (χ0) is 17.5. The zero-order valence-corrected chi connectivity index (χ0v) is 13.6. The number of pyridine rings is 1. The topological polar surface area (TPSA) is 65.8 Å². The SMILES string of the molecule is N#Cc1cccc(NC(=O)C(Cc2cccnc2)c2ccccc2)c1. The van der Waals surface area contributed by atoms with E-state index in [-0.39, 0.29) is 11.8 Å². The summed E-state index contributed by atoms with van der Waals surface area (Å²) in [7, 11) is 0. The molecule has 0 fully saturated rings. The summed E-state index contributed by atoms with van der Waals surface area (Å²) in [6, 6.07) is 22.5. The van der Waals surface area contributed by atoms with Crippen molar-refractivity contribution >= 4 is 11.6 Å². The summed E-state index contributed by atoms with van der Waals surface area (Å²) in [5, 5.41) is 11.9. The molecular formula is C21H17N3O. The fourth-order valence-corrected chi connectivity index (χ4v) is 2.70. The number of carbonyl (C=O) groups excluding carboxylic acids is 1. The number of hydrogen-bond donors (Lipinski definition) is 1. The van der Waals surface area contributed by atoms with E-state index in [0.717, 1.165) is 11.1 Å². The first-order valence-corrected chi connectivity index (χ1v) is 8.01. The molecule has 0 radical (unpaired) electrons. The predicted molar refractivity (Wildman–Crippen MR) is 96.9 cm³/mol. The third-order valence-electron chi connectivity index (χ3n) is 3.94. The highest BCUT2D eigenvalue weighted by Crippen LogP contribution is 2.23. The molecule has 1 amide bonds. The van der Waals surface area contributed by atoms with Gasteiger partial charge in [-0.3, -0.25) is 9.78 Å². The van der Waals surface area contributed by atoms with E-state index < -0.39 is 0 Å². The zero-order valence-electron chi connectivity index (χ0n) is 13.6. The number of nitriles is 1. The molecule has 3 aromatic rings. The Balaban J connectivity index is 1.85. The van der Waals surface area contributed by atoms with E-state index in [2.05, 4.69) is 16.4 Å². The maximum atomic E-state index is 12.9.